The van der Waals surface area contributed by atoms with E-state index in [4.69, 9.17) is 0 Å². The van der Waals surface area contributed by atoms with Crippen LogP contribution in [0.1, 0.15) is 42.6 Å². The zero-order chi connectivity index (χ0) is 13.4. The molecule has 1 amide bonds. The van der Waals surface area contributed by atoms with Crippen LogP contribution in [0.3, 0.4) is 0 Å². The Hall–Kier alpha value is -0.810. The van der Waals surface area contributed by atoms with Crippen LogP contribution in [0.5, 0.6) is 0 Å². The molecule has 2 unspecified atom stereocenters. The number of hydrogen-bond acceptors (Lipinski definition) is 2. The molecule has 2 bridgehead atoms. The number of rotatable bonds is 2. The molecule has 104 valence electrons. The zero-order valence-electron chi connectivity index (χ0n) is 11.2. The van der Waals surface area contributed by atoms with Gasteiger partial charge in [0.25, 0.3) is 5.91 Å². The summed E-state index contributed by atoms with van der Waals surface area (Å²) in [5, 5.41) is 3.18. The fourth-order valence-electron chi connectivity index (χ4n) is 3.50. The number of nitrogens with zero attached hydrogens (tertiary/aromatic N) is 1. The number of aromatic nitrogens is 1. The number of piperidine rings is 2. The van der Waals surface area contributed by atoms with Gasteiger partial charge < -0.3 is 15.2 Å². The maximum absolute atomic E-state index is 12.2. The number of carbonyl (C=O) groups excluding carboxylic acids is 1. The maximum atomic E-state index is 12.2. The molecule has 2 N–H and O–H groups in total. The summed E-state index contributed by atoms with van der Waals surface area (Å²) < 4.78 is 0.915. The largest absolute Gasteiger partial charge is 0.356 e. The highest BCUT2D eigenvalue weighted by Crippen LogP contribution is 2.32. The van der Waals surface area contributed by atoms with Crippen LogP contribution in [-0.4, -0.2) is 41.0 Å². The first-order valence-corrected chi connectivity index (χ1v) is 7.79. The molecule has 3 rings (SSSR count). The minimum absolute atomic E-state index is 0.0123. The van der Waals surface area contributed by atoms with Crippen LogP contribution >= 0.6 is 15.9 Å². The van der Waals surface area contributed by atoms with E-state index in [2.05, 4.69) is 38.2 Å². The van der Waals surface area contributed by atoms with E-state index in [-0.39, 0.29) is 5.91 Å². The molecule has 2 saturated heterocycles. The van der Waals surface area contributed by atoms with E-state index in [9.17, 15) is 4.79 Å². The van der Waals surface area contributed by atoms with Gasteiger partial charge in [0.1, 0.15) is 5.69 Å². The van der Waals surface area contributed by atoms with Gasteiger partial charge in [0.2, 0.25) is 0 Å². The van der Waals surface area contributed by atoms with E-state index < -0.39 is 0 Å². The third-order valence-electron chi connectivity index (χ3n) is 4.57. The first-order chi connectivity index (χ1) is 9.13. The summed E-state index contributed by atoms with van der Waals surface area (Å²) in [4.78, 5) is 17.6. The summed E-state index contributed by atoms with van der Waals surface area (Å²) in [7, 11) is 2.23. The molecular weight excluding hydrogens is 306 g/mol. The molecule has 2 atom stereocenters. The lowest BCUT2D eigenvalue weighted by Gasteiger charge is -2.47. The van der Waals surface area contributed by atoms with Crippen molar-refractivity contribution in [3.63, 3.8) is 0 Å². The minimum atomic E-state index is 0.0123. The number of aromatic amines is 1. The SMILES string of the molecule is CN1C2CCCC1CC(NC(=O)c1cc(Br)c[nH]1)C2. The number of fused-ring (bicyclic) bond motifs is 2. The van der Waals surface area contributed by atoms with Crippen molar-refractivity contribution >= 4 is 21.8 Å². The van der Waals surface area contributed by atoms with Gasteiger partial charge in [-0.1, -0.05) is 6.42 Å². The fourth-order valence-corrected chi connectivity index (χ4v) is 3.84. The quantitative estimate of drug-likeness (QED) is 0.877. The van der Waals surface area contributed by atoms with Crippen molar-refractivity contribution in [3.8, 4) is 0 Å². The number of halogens is 1. The van der Waals surface area contributed by atoms with Crippen molar-refractivity contribution in [3.05, 3.63) is 22.4 Å². The summed E-state index contributed by atoms with van der Waals surface area (Å²) >= 11 is 3.36. The van der Waals surface area contributed by atoms with Crippen molar-refractivity contribution in [1.29, 1.82) is 0 Å². The van der Waals surface area contributed by atoms with Crippen LogP contribution < -0.4 is 5.32 Å². The summed E-state index contributed by atoms with van der Waals surface area (Å²) in [5.74, 6) is 0.0123. The first-order valence-electron chi connectivity index (χ1n) is 7.00. The molecule has 19 heavy (non-hydrogen) atoms. The average Bonchev–Trinajstić information content (AvgIpc) is 2.77. The van der Waals surface area contributed by atoms with Crippen LogP contribution in [0.2, 0.25) is 0 Å². The van der Waals surface area contributed by atoms with Gasteiger partial charge in [0, 0.05) is 28.8 Å². The summed E-state index contributed by atoms with van der Waals surface area (Å²) in [5.41, 5.74) is 0.635. The molecule has 2 aliphatic rings. The molecule has 1 aromatic heterocycles. The fraction of sp³-hybridized carbons (Fsp3) is 0.643. The molecule has 0 radical (unpaired) electrons. The number of nitrogens with one attached hydrogen (secondary N) is 2. The van der Waals surface area contributed by atoms with E-state index in [0.29, 0.717) is 23.8 Å². The maximum Gasteiger partial charge on any atom is 0.267 e. The predicted octanol–water partition coefficient (Wildman–Crippen LogP) is 2.52. The highest BCUT2D eigenvalue weighted by atomic mass is 79.9. The van der Waals surface area contributed by atoms with Crippen molar-refractivity contribution in [2.75, 3.05) is 7.05 Å². The second-order valence-corrected chi connectivity index (χ2v) is 6.69. The Morgan fingerprint density at radius 2 is 2.11 bits per heavy atom. The lowest BCUT2D eigenvalue weighted by atomic mass is 9.82. The summed E-state index contributed by atoms with van der Waals surface area (Å²) in [6, 6.07) is 3.44. The Morgan fingerprint density at radius 3 is 2.68 bits per heavy atom. The molecule has 0 aliphatic carbocycles. The standard InChI is InChI=1S/C14H20BrN3O/c1-18-11-3-2-4-12(18)7-10(6-11)17-14(19)13-5-9(15)8-16-13/h5,8,10-12,16H,2-4,6-7H2,1H3,(H,17,19). The van der Waals surface area contributed by atoms with E-state index >= 15 is 0 Å². The Morgan fingerprint density at radius 1 is 1.42 bits per heavy atom. The monoisotopic (exact) mass is 325 g/mol. The molecule has 4 nitrogen and oxygen atoms in total. The molecule has 1 aromatic rings. The van der Waals surface area contributed by atoms with Gasteiger partial charge >= 0.3 is 0 Å². The van der Waals surface area contributed by atoms with Crippen molar-refractivity contribution < 1.29 is 4.79 Å². The topological polar surface area (TPSA) is 48.1 Å². The zero-order valence-corrected chi connectivity index (χ0v) is 12.7. The second kappa shape index (κ2) is 5.29. The van der Waals surface area contributed by atoms with E-state index in [1.807, 2.05) is 6.07 Å². The van der Waals surface area contributed by atoms with Gasteiger partial charge in [-0.25, -0.2) is 0 Å². The molecule has 0 spiro atoms. The number of amides is 1. The van der Waals surface area contributed by atoms with Crippen molar-refractivity contribution in [2.24, 2.45) is 0 Å². The van der Waals surface area contributed by atoms with Crippen LogP contribution in [-0.2, 0) is 0 Å². The number of carbonyl (C=O) groups is 1. The second-order valence-electron chi connectivity index (χ2n) is 5.78. The highest BCUT2D eigenvalue weighted by Gasteiger charge is 2.36. The molecule has 5 heteroatoms. The normalized spacial score (nSPS) is 31.2. The molecule has 2 aliphatic heterocycles. The number of H-pyrrole nitrogens is 1. The number of hydrogen-bond donors (Lipinski definition) is 2. The summed E-state index contributed by atoms with van der Waals surface area (Å²) in [6.45, 7) is 0. The average molecular weight is 326 g/mol. The Kier molecular flexibility index (Phi) is 3.67. The third-order valence-corrected chi connectivity index (χ3v) is 5.03. The molecular formula is C14H20BrN3O. The van der Waals surface area contributed by atoms with Gasteiger partial charge in [0.05, 0.1) is 0 Å². The van der Waals surface area contributed by atoms with Crippen LogP contribution in [0.4, 0.5) is 0 Å². The van der Waals surface area contributed by atoms with E-state index in [1.54, 1.807) is 6.20 Å². The molecule has 2 fully saturated rings. The Balaban J connectivity index is 1.63. The Bertz CT molecular complexity index is 459. The smallest absolute Gasteiger partial charge is 0.267 e. The van der Waals surface area contributed by atoms with E-state index in [1.165, 1.54) is 19.3 Å². The van der Waals surface area contributed by atoms with Gasteiger partial charge in [-0.05, 0) is 54.7 Å². The molecule has 3 heterocycles. The van der Waals surface area contributed by atoms with Gasteiger partial charge in [0.15, 0.2) is 0 Å². The lowest BCUT2D eigenvalue weighted by molar-refractivity contribution is 0.0462. The first kappa shape index (κ1) is 13.2. The third kappa shape index (κ3) is 2.72. The van der Waals surface area contributed by atoms with Crippen molar-refractivity contribution in [2.45, 2.75) is 50.2 Å². The van der Waals surface area contributed by atoms with Crippen molar-refractivity contribution in [1.82, 2.24) is 15.2 Å². The van der Waals surface area contributed by atoms with E-state index in [0.717, 1.165) is 17.3 Å². The molecule has 0 aromatic carbocycles. The van der Waals surface area contributed by atoms with Gasteiger partial charge in [-0.15, -0.1) is 0 Å². The van der Waals surface area contributed by atoms with Gasteiger partial charge in [-0.3, -0.25) is 4.79 Å². The lowest BCUT2D eigenvalue weighted by Crippen LogP contribution is -2.55. The van der Waals surface area contributed by atoms with Gasteiger partial charge in [-0.2, -0.15) is 0 Å². The van der Waals surface area contributed by atoms with Crippen LogP contribution in [0.15, 0.2) is 16.7 Å². The highest BCUT2D eigenvalue weighted by molar-refractivity contribution is 9.10. The minimum Gasteiger partial charge on any atom is -0.356 e. The molecule has 0 saturated carbocycles. The predicted molar refractivity (Wildman–Crippen MR) is 78.2 cm³/mol. The van der Waals surface area contributed by atoms with Crippen LogP contribution in [0, 0.1) is 0 Å². The summed E-state index contributed by atoms with van der Waals surface area (Å²) in [6.07, 6.45) is 7.84. The Labute approximate surface area is 122 Å². The van der Waals surface area contributed by atoms with Crippen LogP contribution in [0.25, 0.3) is 0 Å².